The Balaban J connectivity index is 3.05. The van der Waals surface area contributed by atoms with Crippen LogP contribution in [0.25, 0.3) is 0 Å². The monoisotopic (exact) mass is 294 g/mol. The van der Waals surface area contributed by atoms with E-state index in [2.05, 4.69) is 0 Å². The van der Waals surface area contributed by atoms with Gasteiger partial charge in [-0.25, -0.2) is 0 Å². The second kappa shape index (κ2) is 6.72. The van der Waals surface area contributed by atoms with Gasteiger partial charge in [-0.1, -0.05) is 6.92 Å². The summed E-state index contributed by atoms with van der Waals surface area (Å²) < 4.78 is 38.3. The summed E-state index contributed by atoms with van der Waals surface area (Å²) in [6, 6.07) is 0.942. The lowest BCUT2D eigenvalue weighted by Gasteiger charge is -2.38. The molecule has 0 fully saturated rings. The summed E-state index contributed by atoms with van der Waals surface area (Å²) in [5.74, 6) is 0. The maximum Gasteiger partial charge on any atom is 0.401 e. The third kappa shape index (κ3) is 4.78. The van der Waals surface area contributed by atoms with Crippen molar-refractivity contribution >= 4 is 11.3 Å². The SMILES string of the molecule is CCC(N)C(c1ccsc1)N(CC(F)(F)F)C(C)C. The van der Waals surface area contributed by atoms with Crippen molar-refractivity contribution in [1.29, 1.82) is 0 Å². The highest BCUT2D eigenvalue weighted by Gasteiger charge is 2.37. The zero-order valence-electron chi connectivity index (χ0n) is 11.4. The highest BCUT2D eigenvalue weighted by molar-refractivity contribution is 7.07. The molecule has 2 N–H and O–H groups in total. The third-order valence-corrected chi connectivity index (χ3v) is 3.85. The maximum atomic E-state index is 12.8. The number of alkyl halides is 3. The fourth-order valence-corrected chi connectivity index (χ4v) is 2.85. The van der Waals surface area contributed by atoms with Gasteiger partial charge in [0.25, 0.3) is 0 Å². The highest BCUT2D eigenvalue weighted by atomic mass is 32.1. The van der Waals surface area contributed by atoms with Crippen molar-refractivity contribution in [3.63, 3.8) is 0 Å². The van der Waals surface area contributed by atoms with Crippen LogP contribution in [0.4, 0.5) is 13.2 Å². The molecule has 1 heterocycles. The van der Waals surface area contributed by atoms with Crippen molar-refractivity contribution in [3.8, 4) is 0 Å². The lowest BCUT2D eigenvalue weighted by molar-refractivity contribution is -0.156. The molecule has 0 amide bonds. The molecule has 0 aliphatic carbocycles. The topological polar surface area (TPSA) is 29.3 Å². The Hall–Kier alpha value is -0.590. The summed E-state index contributed by atoms with van der Waals surface area (Å²) in [5.41, 5.74) is 6.93. The molecule has 19 heavy (non-hydrogen) atoms. The number of hydrogen-bond acceptors (Lipinski definition) is 3. The lowest BCUT2D eigenvalue weighted by atomic mass is 9.97. The van der Waals surface area contributed by atoms with Crippen molar-refractivity contribution in [1.82, 2.24) is 4.90 Å². The van der Waals surface area contributed by atoms with Gasteiger partial charge >= 0.3 is 6.18 Å². The fourth-order valence-electron chi connectivity index (χ4n) is 2.16. The molecular weight excluding hydrogens is 273 g/mol. The van der Waals surface area contributed by atoms with Crippen LogP contribution in [-0.2, 0) is 0 Å². The van der Waals surface area contributed by atoms with Gasteiger partial charge in [0.05, 0.1) is 12.6 Å². The summed E-state index contributed by atoms with van der Waals surface area (Å²) in [7, 11) is 0. The van der Waals surface area contributed by atoms with E-state index in [1.165, 1.54) is 16.2 Å². The van der Waals surface area contributed by atoms with Gasteiger partial charge in [-0.3, -0.25) is 4.90 Å². The van der Waals surface area contributed by atoms with E-state index in [-0.39, 0.29) is 12.1 Å². The molecule has 2 unspecified atom stereocenters. The van der Waals surface area contributed by atoms with E-state index in [4.69, 9.17) is 5.73 Å². The van der Waals surface area contributed by atoms with Crippen molar-refractivity contribution < 1.29 is 13.2 Å². The molecule has 0 aromatic carbocycles. The van der Waals surface area contributed by atoms with Crippen LogP contribution in [0.2, 0.25) is 0 Å². The Labute approximate surface area is 116 Å². The molecule has 2 atom stereocenters. The minimum absolute atomic E-state index is 0.218. The molecule has 0 aliphatic rings. The van der Waals surface area contributed by atoms with E-state index in [0.29, 0.717) is 6.42 Å². The molecule has 0 bridgehead atoms. The molecule has 0 radical (unpaired) electrons. The Morgan fingerprint density at radius 1 is 1.37 bits per heavy atom. The molecule has 1 rings (SSSR count). The van der Waals surface area contributed by atoms with Crippen molar-refractivity contribution in [2.75, 3.05) is 6.54 Å². The second-order valence-electron chi connectivity index (χ2n) is 4.95. The number of halogens is 3. The maximum absolute atomic E-state index is 12.8. The zero-order valence-corrected chi connectivity index (χ0v) is 12.3. The average molecular weight is 294 g/mol. The van der Waals surface area contributed by atoms with Crippen LogP contribution >= 0.6 is 11.3 Å². The smallest absolute Gasteiger partial charge is 0.326 e. The van der Waals surface area contributed by atoms with Gasteiger partial charge in [-0.15, -0.1) is 0 Å². The molecule has 0 saturated heterocycles. The van der Waals surface area contributed by atoms with Crippen LogP contribution in [0.15, 0.2) is 16.8 Å². The van der Waals surface area contributed by atoms with Crippen LogP contribution in [-0.4, -0.2) is 29.7 Å². The number of nitrogens with two attached hydrogens (primary N) is 1. The van der Waals surface area contributed by atoms with Gasteiger partial charge in [-0.2, -0.15) is 24.5 Å². The van der Waals surface area contributed by atoms with Crippen LogP contribution < -0.4 is 5.73 Å². The Kier molecular flexibility index (Phi) is 5.82. The minimum atomic E-state index is -4.22. The molecular formula is C13H21F3N2S. The van der Waals surface area contributed by atoms with E-state index in [9.17, 15) is 13.2 Å². The summed E-state index contributed by atoms with van der Waals surface area (Å²) in [4.78, 5) is 1.44. The van der Waals surface area contributed by atoms with E-state index < -0.39 is 18.8 Å². The Bertz CT molecular complexity index is 362. The zero-order chi connectivity index (χ0) is 14.6. The van der Waals surface area contributed by atoms with Gasteiger partial charge in [-0.05, 0) is 42.7 Å². The van der Waals surface area contributed by atoms with E-state index in [1.807, 2.05) is 23.8 Å². The largest absolute Gasteiger partial charge is 0.401 e. The highest BCUT2D eigenvalue weighted by Crippen LogP contribution is 2.31. The molecule has 1 aromatic rings. The molecule has 2 nitrogen and oxygen atoms in total. The van der Waals surface area contributed by atoms with Gasteiger partial charge < -0.3 is 5.73 Å². The summed E-state index contributed by atoms with van der Waals surface area (Å²) in [6.45, 7) is 4.51. The average Bonchev–Trinajstić information content (AvgIpc) is 2.79. The van der Waals surface area contributed by atoms with Gasteiger partial charge in [0.2, 0.25) is 0 Å². The quantitative estimate of drug-likeness (QED) is 0.864. The van der Waals surface area contributed by atoms with Gasteiger partial charge in [0, 0.05) is 12.1 Å². The third-order valence-electron chi connectivity index (χ3n) is 3.14. The Morgan fingerprint density at radius 3 is 2.37 bits per heavy atom. The summed E-state index contributed by atoms with van der Waals surface area (Å²) in [6.07, 6.45) is -3.58. The number of rotatable bonds is 6. The van der Waals surface area contributed by atoms with E-state index in [0.717, 1.165) is 5.56 Å². The van der Waals surface area contributed by atoms with Crippen LogP contribution in [0.3, 0.4) is 0 Å². The van der Waals surface area contributed by atoms with E-state index in [1.54, 1.807) is 13.8 Å². The Morgan fingerprint density at radius 2 is 2.00 bits per heavy atom. The first-order chi connectivity index (χ1) is 8.76. The van der Waals surface area contributed by atoms with Gasteiger partial charge in [0.15, 0.2) is 0 Å². The standard InChI is InChI=1S/C13H21F3N2S/c1-4-11(17)12(10-5-6-19-7-10)18(9(2)3)8-13(14,15)16/h5-7,9,11-12H,4,8,17H2,1-3H3. The van der Waals surface area contributed by atoms with Crippen molar-refractivity contribution in [2.24, 2.45) is 5.73 Å². The second-order valence-corrected chi connectivity index (χ2v) is 5.73. The lowest BCUT2D eigenvalue weighted by Crippen LogP contribution is -2.47. The molecule has 0 spiro atoms. The van der Waals surface area contributed by atoms with E-state index >= 15 is 0 Å². The van der Waals surface area contributed by atoms with Crippen LogP contribution in [0, 0.1) is 0 Å². The first-order valence-corrected chi connectivity index (χ1v) is 7.30. The molecule has 6 heteroatoms. The number of thiophene rings is 1. The fraction of sp³-hybridized carbons (Fsp3) is 0.692. The molecule has 1 aromatic heterocycles. The normalized spacial score (nSPS) is 16.1. The van der Waals surface area contributed by atoms with Gasteiger partial charge in [0.1, 0.15) is 0 Å². The summed E-state index contributed by atoms with van der Waals surface area (Å²) in [5, 5.41) is 3.75. The number of hydrogen-bond donors (Lipinski definition) is 1. The first kappa shape index (κ1) is 16.5. The molecule has 0 saturated carbocycles. The summed E-state index contributed by atoms with van der Waals surface area (Å²) >= 11 is 1.48. The van der Waals surface area contributed by atoms with Crippen LogP contribution in [0.1, 0.15) is 38.8 Å². The molecule has 110 valence electrons. The molecule has 0 aliphatic heterocycles. The predicted molar refractivity (Wildman–Crippen MR) is 73.2 cm³/mol. The minimum Gasteiger partial charge on any atom is -0.326 e. The van der Waals surface area contributed by atoms with Crippen molar-refractivity contribution in [3.05, 3.63) is 22.4 Å². The van der Waals surface area contributed by atoms with Crippen molar-refractivity contribution in [2.45, 2.75) is 51.5 Å². The number of nitrogens with zero attached hydrogens (tertiary/aromatic N) is 1. The first-order valence-electron chi connectivity index (χ1n) is 6.36. The predicted octanol–water partition coefficient (Wildman–Crippen LogP) is 3.80. The van der Waals surface area contributed by atoms with Crippen LogP contribution in [0.5, 0.6) is 0 Å².